The molecule has 0 aromatic heterocycles. The van der Waals surface area contributed by atoms with Gasteiger partial charge in [-0.2, -0.15) is 0 Å². The van der Waals surface area contributed by atoms with E-state index in [0.29, 0.717) is 5.92 Å². The van der Waals surface area contributed by atoms with Crippen molar-refractivity contribution in [1.29, 1.82) is 0 Å². The van der Waals surface area contributed by atoms with Crippen molar-refractivity contribution >= 4 is 0 Å². The van der Waals surface area contributed by atoms with Gasteiger partial charge in [-0.3, -0.25) is 0 Å². The van der Waals surface area contributed by atoms with E-state index in [9.17, 15) is 4.39 Å². The average molecular weight is 165 g/mol. The molecule has 12 heavy (non-hydrogen) atoms. The van der Waals surface area contributed by atoms with E-state index in [0.717, 1.165) is 12.0 Å². The fourth-order valence-electron chi connectivity index (χ4n) is 1.84. The highest BCUT2D eigenvalue weighted by Crippen LogP contribution is 2.33. The third kappa shape index (κ3) is 1.03. The maximum Gasteiger partial charge on any atom is 0.123 e. The van der Waals surface area contributed by atoms with Gasteiger partial charge in [-0.15, -0.1) is 0 Å². The summed E-state index contributed by atoms with van der Waals surface area (Å²) in [4.78, 5) is 0. The number of nitrogens with two attached hydrogens (primary N) is 1. The van der Waals surface area contributed by atoms with Crippen molar-refractivity contribution in [3.05, 3.63) is 35.1 Å². The normalized spacial score (nSPS) is 27.2. The zero-order valence-corrected chi connectivity index (χ0v) is 7.05. The van der Waals surface area contributed by atoms with E-state index >= 15 is 0 Å². The lowest BCUT2D eigenvalue weighted by atomic mass is 10.0. The van der Waals surface area contributed by atoms with Crippen LogP contribution in [0.2, 0.25) is 0 Å². The topological polar surface area (TPSA) is 26.0 Å². The second-order valence-electron chi connectivity index (χ2n) is 3.55. The molecule has 0 fully saturated rings. The van der Waals surface area contributed by atoms with Crippen LogP contribution in [-0.4, -0.2) is 0 Å². The van der Waals surface area contributed by atoms with Gasteiger partial charge in [0.15, 0.2) is 0 Å². The summed E-state index contributed by atoms with van der Waals surface area (Å²) in [6.07, 6.45) is 0.983. The summed E-state index contributed by atoms with van der Waals surface area (Å²) < 4.78 is 12.8. The summed E-state index contributed by atoms with van der Waals surface area (Å²) in [5, 5.41) is 0. The molecule has 0 aliphatic heterocycles. The number of halogens is 1. The van der Waals surface area contributed by atoms with Crippen LogP contribution < -0.4 is 5.73 Å². The molecule has 0 unspecified atom stereocenters. The first-order chi connectivity index (χ1) is 5.68. The smallest absolute Gasteiger partial charge is 0.123 e. The monoisotopic (exact) mass is 165 g/mol. The van der Waals surface area contributed by atoms with Crippen LogP contribution in [-0.2, 0) is 6.42 Å². The highest BCUT2D eigenvalue weighted by Gasteiger charge is 2.26. The van der Waals surface area contributed by atoms with E-state index in [2.05, 4.69) is 6.92 Å². The lowest BCUT2D eigenvalue weighted by Crippen LogP contribution is -2.13. The summed E-state index contributed by atoms with van der Waals surface area (Å²) in [7, 11) is 0. The predicted octanol–water partition coefficient (Wildman–Crippen LogP) is 2.02. The number of benzene rings is 1. The zero-order valence-electron chi connectivity index (χ0n) is 7.05. The van der Waals surface area contributed by atoms with Gasteiger partial charge in [0.2, 0.25) is 0 Å². The van der Waals surface area contributed by atoms with Crippen molar-refractivity contribution in [3.63, 3.8) is 0 Å². The predicted molar refractivity (Wildman–Crippen MR) is 46.2 cm³/mol. The highest BCUT2D eigenvalue weighted by atomic mass is 19.1. The highest BCUT2D eigenvalue weighted by molar-refractivity contribution is 5.35. The molecule has 0 spiro atoms. The molecule has 1 nitrogen and oxygen atoms in total. The molecular formula is C10H12FN. The Labute approximate surface area is 71.4 Å². The number of fused-ring (bicyclic) bond motifs is 1. The van der Waals surface area contributed by atoms with Crippen molar-refractivity contribution in [1.82, 2.24) is 0 Å². The van der Waals surface area contributed by atoms with Gasteiger partial charge in [0, 0.05) is 6.04 Å². The second kappa shape index (κ2) is 2.56. The van der Waals surface area contributed by atoms with E-state index in [4.69, 9.17) is 5.73 Å². The Morgan fingerprint density at radius 2 is 2.25 bits per heavy atom. The summed E-state index contributed by atoms with van der Waals surface area (Å²) in [6.45, 7) is 2.10. The zero-order chi connectivity index (χ0) is 8.72. The molecule has 0 amide bonds. The fraction of sp³-hybridized carbons (Fsp3) is 0.400. The van der Waals surface area contributed by atoms with E-state index in [-0.39, 0.29) is 11.9 Å². The van der Waals surface area contributed by atoms with E-state index < -0.39 is 0 Å². The molecule has 1 aliphatic carbocycles. The van der Waals surface area contributed by atoms with Crippen LogP contribution >= 0.6 is 0 Å². The third-order valence-electron chi connectivity index (χ3n) is 2.62. The number of hydrogen-bond donors (Lipinski definition) is 1. The second-order valence-corrected chi connectivity index (χ2v) is 3.55. The third-order valence-corrected chi connectivity index (χ3v) is 2.62. The molecular weight excluding hydrogens is 153 g/mol. The maximum atomic E-state index is 12.8. The Hall–Kier alpha value is -0.890. The van der Waals surface area contributed by atoms with Gasteiger partial charge in [0.1, 0.15) is 5.82 Å². The van der Waals surface area contributed by atoms with Crippen molar-refractivity contribution in [2.24, 2.45) is 11.7 Å². The quantitative estimate of drug-likeness (QED) is 0.625. The molecule has 2 atom stereocenters. The first kappa shape index (κ1) is 7.74. The minimum atomic E-state index is -0.182. The van der Waals surface area contributed by atoms with Crippen LogP contribution in [0.5, 0.6) is 0 Å². The lowest BCUT2D eigenvalue weighted by Gasteiger charge is -2.08. The Morgan fingerprint density at radius 3 is 3.00 bits per heavy atom. The fourth-order valence-corrected chi connectivity index (χ4v) is 1.84. The lowest BCUT2D eigenvalue weighted by molar-refractivity contribution is 0.511. The van der Waals surface area contributed by atoms with Crippen LogP contribution in [0.4, 0.5) is 4.39 Å². The summed E-state index contributed by atoms with van der Waals surface area (Å²) in [6, 6.07) is 4.93. The van der Waals surface area contributed by atoms with Gasteiger partial charge in [-0.1, -0.05) is 13.0 Å². The van der Waals surface area contributed by atoms with Crippen LogP contribution in [0, 0.1) is 11.7 Å². The minimum Gasteiger partial charge on any atom is -0.324 e. The standard InChI is InChI=1S/C10H12FN/c1-6-4-7-2-3-8(11)5-9(7)10(6)12/h2-3,5-6,10H,4,12H2,1H3/t6-,10+/m1/s1. The van der Waals surface area contributed by atoms with Crippen molar-refractivity contribution in [3.8, 4) is 0 Å². The van der Waals surface area contributed by atoms with Gasteiger partial charge in [0.05, 0.1) is 0 Å². The molecule has 2 N–H and O–H groups in total. The summed E-state index contributed by atoms with van der Waals surface area (Å²) in [5.41, 5.74) is 8.09. The van der Waals surface area contributed by atoms with Gasteiger partial charge in [-0.25, -0.2) is 4.39 Å². The van der Waals surface area contributed by atoms with Crippen molar-refractivity contribution in [2.45, 2.75) is 19.4 Å². The van der Waals surface area contributed by atoms with E-state index in [1.54, 1.807) is 6.07 Å². The minimum absolute atomic E-state index is 0.0238. The molecule has 2 heteroatoms. The van der Waals surface area contributed by atoms with E-state index in [1.165, 1.54) is 11.6 Å². The molecule has 64 valence electrons. The Kier molecular flexibility index (Phi) is 1.65. The van der Waals surface area contributed by atoms with Crippen molar-refractivity contribution in [2.75, 3.05) is 0 Å². The van der Waals surface area contributed by atoms with Gasteiger partial charge in [0.25, 0.3) is 0 Å². The van der Waals surface area contributed by atoms with Crippen LogP contribution in [0.25, 0.3) is 0 Å². The molecule has 0 bridgehead atoms. The largest absolute Gasteiger partial charge is 0.324 e. The molecule has 1 aliphatic rings. The maximum absolute atomic E-state index is 12.8. The Bertz CT molecular complexity index is 309. The molecule has 2 rings (SSSR count). The number of rotatable bonds is 0. The Morgan fingerprint density at radius 1 is 1.50 bits per heavy atom. The van der Waals surface area contributed by atoms with Crippen LogP contribution in [0.1, 0.15) is 24.1 Å². The molecule has 1 aromatic carbocycles. The first-order valence-corrected chi connectivity index (χ1v) is 4.22. The van der Waals surface area contributed by atoms with Gasteiger partial charge >= 0.3 is 0 Å². The molecule has 0 heterocycles. The summed E-state index contributed by atoms with van der Waals surface area (Å²) in [5.74, 6) is 0.264. The van der Waals surface area contributed by atoms with Crippen LogP contribution in [0.15, 0.2) is 18.2 Å². The number of hydrogen-bond acceptors (Lipinski definition) is 1. The molecule has 0 radical (unpaired) electrons. The van der Waals surface area contributed by atoms with E-state index in [1.807, 2.05) is 6.07 Å². The SMILES string of the molecule is C[C@@H]1Cc2ccc(F)cc2[C@H]1N. The molecule has 1 aromatic rings. The van der Waals surface area contributed by atoms with Gasteiger partial charge < -0.3 is 5.73 Å². The first-order valence-electron chi connectivity index (χ1n) is 4.22. The van der Waals surface area contributed by atoms with Crippen LogP contribution in [0.3, 0.4) is 0 Å². The average Bonchev–Trinajstić information content (AvgIpc) is 2.31. The molecule has 0 saturated heterocycles. The summed E-state index contributed by atoms with van der Waals surface area (Å²) >= 11 is 0. The molecule has 0 saturated carbocycles. The van der Waals surface area contributed by atoms with Crippen molar-refractivity contribution < 1.29 is 4.39 Å². The Balaban J connectivity index is 2.48. The van der Waals surface area contributed by atoms with Gasteiger partial charge in [-0.05, 0) is 35.6 Å².